The second-order valence-electron chi connectivity index (χ2n) is 7.29. The van der Waals surface area contributed by atoms with E-state index in [0.717, 1.165) is 24.8 Å². The molecule has 1 aromatic rings. The zero-order chi connectivity index (χ0) is 21.2. The first-order chi connectivity index (χ1) is 13.9. The molecule has 1 saturated heterocycles. The van der Waals surface area contributed by atoms with Gasteiger partial charge in [-0.1, -0.05) is 19.1 Å². The fourth-order valence-electron chi connectivity index (χ4n) is 3.07. The third kappa shape index (κ3) is 7.29. The standard InChI is InChI=1S/C21H33N5O3/c1-4-15(3)24-19(27)17-8-6-7-16(13-17)14-23-20(22)25-18-9-11-26(12-10-18)21(28)29-5-2/h6-8,13,15,18H,4-5,9-12,14H2,1-3H3,(H,24,27)(H3,22,23,25). The second-order valence-corrected chi connectivity index (χ2v) is 7.29. The summed E-state index contributed by atoms with van der Waals surface area (Å²) < 4.78 is 5.03. The van der Waals surface area contributed by atoms with Crippen LogP contribution in [0.1, 0.15) is 56.0 Å². The van der Waals surface area contributed by atoms with Gasteiger partial charge in [-0.05, 0) is 50.8 Å². The highest BCUT2D eigenvalue weighted by Crippen LogP contribution is 2.12. The number of piperidine rings is 1. The van der Waals surface area contributed by atoms with Gasteiger partial charge in [-0.15, -0.1) is 0 Å². The molecule has 0 aromatic heterocycles. The van der Waals surface area contributed by atoms with Gasteiger partial charge in [0.1, 0.15) is 0 Å². The summed E-state index contributed by atoms with van der Waals surface area (Å²) in [5.41, 5.74) is 7.57. The van der Waals surface area contributed by atoms with Crippen LogP contribution >= 0.6 is 0 Å². The number of hydrogen-bond donors (Lipinski definition) is 3. The van der Waals surface area contributed by atoms with Crippen LogP contribution in [-0.2, 0) is 11.3 Å². The van der Waals surface area contributed by atoms with E-state index in [1.165, 1.54) is 0 Å². The zero-order valence-electron chi connectivity index (χ0n) is 17.6. The van der Waals surface area contributed by atoms with Crippen LogP contribution in [-0.4, -0.2) is 54.6 Å². The van der Waals surface area contributed by atoms with Gasteiger partial charge in [0.05, 0.1) is 13.2 Å². The Morgan fingerprint density at radius 2 is 2.03 bits per heavy atom. The maximum atomic E-state index is 12.3. The fraction of sp³-hybridized carbons (Fsp3) is 0.571. The first-order valence-corrected chi connectivity index (χ1v) is 10.3. The first-order valence-electron chi connectivity index (χ1n) is 10.3. The molecule has 0 aliphatic carbocycles. The number of guanidine groups is 1. The third-order valence-corrected chi connectivity index (χ3v) is 4.98. The van der Waals surface area contributed by atoms with E-state index in [4.69, 9.17) is 10.5 Å². The number of likely N-dealkylation sites (tertiary alicyclic amines) is 1. The predicted molar refractivity (Wildman–Crippen MR) is 114 cm³/mol. The van der Waals surface area contributed by atoms with Crippen LogP contribution < -0.4 is 16.4 Å². The van der Waals surface area contributed by atoms with Crippen LogP contribution in [0.4, 0.5) is 4.79 Å². The lowest BCUT2D eigenvalue weighted by Gasteiger charge is -2.31. The van der Waals surface area contributed by atoms with Crippen molar-refractivity contribution in [3.8, 4) is 0 Å². The van der Waals surface area contributed by atoms with Crippen LogP contribution in [0.25, 0.3) is 0 Å². The normalized spacial score (nSPS) is 16.2. The third-order valence-electron chi connectivity index (χ3n) is 4.98. The number of rotatable bonds is 7. The lowest BCUT2D eigenvalue weighted by atomic mass is 10.1. The number of amides is 2. The minimum Gasteiger partial charge on any atom is -0.450 e. The largest absolute Gasteiger partial charge is 0.450 e. The van der Waals surface area contributed by atoms with E-state index in [2.05, 4.69) is 15.6 Å². The molecular weight excluding hydrogens is 370 g/mol. The molecule has 0 saturated carbocycles. The number of aliphatic imine (C=N–C) groups is 1. The van der Waals surface area contributed by atoms with Crippen molar-refractivity contribution in [1.29, 1.82) is 0 Å². The van der Waals surface area contributed by atoms with Gasteiger partial charge in [0, 0.05) is 30.7 Å². The maximum Gasteiger partial charge on any atom is 0.409 e. The van der Waals surface area contributed by atoms with E-state index in [9.17, 15) is 9.59 Å². The summed E-state index contributed by atoms with van der Waals surface area (Å²) in [7, 11) is 0. The van der Waals surface area contributed by atoms with Crippen molar-refractivity contribution in [2.24, 2.45) is 10.7 Å². The number of nitrogens with zero attached hydrogens (tertiary/aromatic N) is 2. The highest BCUT2D eigenvalue weighted by atomic mass is 16.6. The fourth-order valence-corrected chi connectivity index (χ4v) is 3.07. The Hall–Kier alpha value is -2.77. The minimum atomic E-state index is -0.259. The van der Waals surface area contributed by atoms with Gasteiger partial charge in [-0.3, -0.25) is 4.79 Å². The summed E-state index contributed by atoms with van der Waals surface area (Å²) in [4.78, 5) is 30.1. The topological polar surface area (TPSA) is 109 Å². The summed E-state index contributed by atoms with van der Waals surface area (Å²) in [5, 5.41) is 6.18. The Kier molecular flexibility index (Phi) is 8.76. The molecule has 8 heteroatoms. The quantitative estimate of drug-likeness (QED) is 0.478. The Bertz CT molecular complexity index is 714. The summed E-state index contributed by atoms with van der Waals surface area (Å²) in [6.45, 7) is 7.87. The molecule has 1 aliphatic rings. The molecule has 1 atom stereocenters. The van der Waals surface area contributed by atoms with Crippen LogP contribution in [0.5, 0.6) is 0 Å². The van der Waals surface area contributed by atoms with Gasteiger partial charge < -0.3 is 26.0 Å². The van der Waals surface area contributed by atoms with Gasteiger partial charge in [0.25, 0.3) is 5.91 Å². The molecule has 0 radical (unpaired) electrons. The lowest BCUT2D eigenvalue weighted by Crippen LogP contribution is -2.48. The molecule has 160 valence electrons. The van der Waals surface area contributed by atoms with Crippen molar-refractivity contribution >= 4 is 18.0 Å². The summed E-state index contributed by atoms with van der Waals surface area (Å²) in [5.74, 6) is 0.290. The van der Waals surface area contributed by atoms with Crippen molar-refractivity contribution in [3.63, 3.8) is 0 Å². The van der Waals surface area contributed by atoms with Crippen LogP contribution in [0.2, 0.25) is 0 Å². The molecule has 1 aromatic carbocycles. The van der Waals surface area contributed by atoms with Crippen molar-refractivity contribution in [1.82, 2.24) is 15.5 Å². The molecule has 1 aliphatic heterocycles. The van der Waals surface area contributed by atoms with Crippen LogP contribution in [0.3, 0.4) is 0 Å². The minimum absolute atomic E-state index is 0.0790. The average Bonchev–Trinajstić information content (AvgIpc) is 2.73. The molecule has 0 bridgehead atoms. The number of ether oxygens (including phenoxy) is 1. The maximum absolute atomic E-state index is 12.3. The highest BCUT2D eigenvalue weighted by molar-refractivity contribution is 5.94. The SMILES string of the molecule is CCOC(=O)N1CCC(NC(N)=NCc2cccc(C(=O)NC(C)CC)c2)CC1. The highest BCUT2D eigenvalue weighted by Gasteiger charge is 2.23. The molecular formula is C21H33N5O3. The van der Waals surface area contributed by atoms with E-state index < -0.39 is 0 Å². The van der Waals surface area contributed by atoms with Gasteiger partial charge in [-0.2, -0.15) is 0 Å². The number of nitrogens with one attached hydrogen (secondary N) is 2. The molecule has 1 fully saturated rings. The summed E-state index contributed by atoms with van der Waals surface area (Å²) in [6.07, 6.45) is 2.21. The van der Waals surface area contributed by atoms with Crippen molar-refractivity contribution < 1.29 is 14.3 Å². The van der Waals surface area contributed by atoms with Gasteiger partial charge >= 0.3 is 6.09 Å². The number of benzene rings is 1. The molecule has 1 unspecified atom stereocenters. The van der Waals surface area contributed by atoms with Crippen molar-refractivity contribution in [2.45, 2.75) is 58.7 Å². The number of carbonyl (C=O) groups is 2. The monoisotopic (exact) mass is 403 g/mol. The molecule has 4 N–H and O–H groups in total. The van der Waals surface area contributed by atoms with E-state index in [0.29, 0.717) is 37.8 Å². The van der Waals surface area contributed by atoms with Crippen LogP contribution in [0, 0.1) is 0 Å². The molecule has 8 nitrogen and oxygen atoms in total. The van der Waals surface area contributed by atoms with E-state index in [1.54, 1.807) is 17.9 Å². The first kappa shape index (κ1) is 22.5. The van der Waals surface area contributed by atoms with Crippen molar-refractivity contribution in [3.05, 3.63) is 35.4 Å². The summed E-state index contributed by atoms with van der Waals surface area (Å²) in [6, 6.07) is 7.73. The number of carbonyl (C=O) groups excluding carboxylic acids is 2. The molecule has 2 amide bonds. The molecule has 2 rings (SSSR count). The number of hydrogen-bond acceptors (Lipinski definition) is 4. The predicted octanol–water partition coefficient (Wildman–Crippen LogP) is 2.24. The van der Waals surface area contributed by atoms with Crippen LogP contribution in [0.15, 0.2) is 29.3 Å². The van der Waals surface area contributed by atoms with E-state index >= 15 is 0 Å². The Balaban J connectivity index is 1.83. The van der Waals surface area contributed by atoms with Gasteiger partial charge in [0.2, 0.25) is 0 Å². The average molecular weight is 404 g/mol. The van der Waals surface area contributed by atoms with E-state index in [-0.39, 0.29) is 24.1 Å². The Morgan fingerprint density at radius 1 is 1.31 bits per heavy atom. The smallest absolute Gasteiger partial charge is 0.409 e. The molecule has 0 spiro atoms. The van der Waals surface area contributed by atoms with Gasteiger partial charge in [-0.25, -0.2) is 9.79 Å². The molecule has 1 heterocycles. The zero-order valence-corrected chi connectivity index (χ0v) is 17.6. The Labute approximate surface area is 172 Å². The lowest BCUT2D eigenvalue weighted by molar-refractivity contribution is 0.0936. The second kappa shape index (κ2) is 11.3. The summed E-state index contributed by atoms with van der Waals surface area (Å²) >= 11 is 0. The van der Waals surface area contributed by atoms with E-state index in [1.807, 2.05) is 32.0 Å². The van der Waals surface area contributed by atoms with Crippen molar-refractivity contribution in [2.75, 3.05) is 19.7 Å². The molecule has 29 heavy (non-hydrogen) atoms. The Morgan fingerprint density at radius 3 is 2.69 bits per heavy atom. The number of nitrogens with two attached hydrogens (primary N) is 1. The van der Waals surface area contributed by atoms with Gasteiger partial charge in [0.15, 0.2) is 5.96 Å².